The lowest BCUT2D eigenvalue weighted by molar-refractivity contribution is 0.0789. The van der Waals surface area contributed by atoms with E-state index < -0.39 is 5.60 Å². The van der Waals surface area contributed by atoms with Crippen LogP contribution >= 0.6 is 0 Å². The van der Waals surface area contributed by atoms with Gasteiger partial charge in [0.25, 0.3) is 0 Å². The standard InChI is InChI=1S/C7H17N3O2/c1-5(6(8)10-12)9-4-7(2,3)11/h5,9,11-12H,4H2,1-3H3,(H2,8,10). The molecule has 0 aliphatic rings. The van der Waals surface area contributed by atoms with Crippen LogP contribution in [0.5, 0.6) is 0 Å². The highest BCUT2D eigenvalue weighted by Crippen LogP contribution is 1.98. The molecular weight excluding hydrogens is 158 g/mol. The smallest absolute Gasteiger partial charge is 0.156 e. The maximum absolute atomic E-state index is 9.32. The van der Waals surface area contributed by atoms with Crippen LogP contribution in [0.4, 0.5) is 0 Å². The second-order valence-corrected chi connectivity index (χ2v) is 3.44. The summed E-state index contributed by atoms with van der Waals surface area (Å²) in [4.78, 5) is 0. The Bertz CT molecular complexity index is 163. The van der Waals surface area contributed by atoms with Gasteiger partial charge >= 0.3 is 0 Å². The third kappa shape index (κ3) is 4.92. The van der Waals surface area contributed by atoms with E-state index >= 15 is 0 Å². The number of oxime groups is 1. The summed E-state index contributed by atoms with van der Waals surface area (Å²) < 4.78 is 0. The molecule has 5 nitrogen and oxygen atoms in total. The van der Waals surface area contributed by atoms with Gasteiger partial charge in [0, 0.05) is 6.54 Å². The molecule has 0 aromatic rings. The van der Waals surface area contributed by atoms with E-state index in [2.05, 4.69) is 10.5 Å². The first-order valence-electron chi connectivity index (χ1n) is 3.80. The molecule has 1 atom stereocenters. The molecule has 0 amide bonds. The van der Waals surface area contributed by atoms with Gasteiger partial charge < -0.3 is 21.4 Å². The number of aliphatic hydroxyl groups is 1. The lowest BCUT2D eigenvalue weighted by Crippen LogP contribution is -2.45. The number of nitrogens with one attached hydrogen (secondary N) is 1. The van der Waals surface area contributed by atoms with E-state index in [4.69, 9.17) is 10.9 Å². The summed E-state index contributed by atoms with van der Waals surface area (Å²) in [5.74, 6) is 0.110. The Morgan fingerprint density at radius 2 is 2.17 bits per heavy atom. The number of nitrogens with zero attached hydrogens (tertiary/aromatic N) is 1. The van der Waals surface area contributed by atoms with Crippen LogP contribution in [0, 0.1) is 0 Å². The summed E-state index contributed by atoms with van der Waals surface area (Å²) in [6.07, 6.45) is 0. The van der Waals surface area contributed by atoms with E-state index in [-0.39, 0.29) is 11.9 Å². The van der Waals surface area contributed by atoms with Crippen molar-refractivity contribution in [3.05, 3.63) is 0 Å². The highest BCUT2D eigenvalue weighted by atomic mass is 16.4. The zero-order valence-electron chi connectivity index (χ0n) is 7.70. The molecule has 5 heteroatoms. The quantitative estimate of drug-likeness (QED) is 0.200. The molecule has 0 aliphatic heterocycles. The summed E-state index contributed by atoms with van der Waals surface area (Å²) in [5, 5.41) is 23.4. The van der Waals surface area contributed by atoms with Gasteiger partial charge in [-0.25, -0.2) is 0 Å². The molecule has 0 rings (SSSR count). The fourth-order valence-electron chi connectivity index (χ4n) is 0.594. The minimum Gasteiger partial charge on any atom is -0.409 e. The molecule has 0 aromatic heterocycles. The number of hydrogen-bond acceptors (Lipinski definition) is 4. The number of nitrogens with two attached hydrogens (primary N) is 1. The van der Waals surface area contributed by atoms with Crippen molar-refractivity contribution in [1.82, 2.24) is 5.32 Å². The van der Waals surface area contributed by atoms with Crippen molar-refractivity contribution in [1.29, 1.82) is 0 Å². The normalized spacial score (nSPS) is 16.2. The Balaban J connectivity index is 3.80. The minimum atomic E-state index is -0.788. The zero-order valence-corrected chi connectivity index (χ0v) is 7.70. The molecule has 72 valence electrons. The first-order valence-corrected chi connectivity index (χ1v) is 3.80. The van der Waals surface area contributed by atoms with Gasteiger partial charge in [-0.05, 0) is 20.8 Å². The second kappa shape index (κ2) is 4.27. The van der Waals surface area contributed by atoms with Crippen LogP contribution < -0.4 is 11.1 Å². The monoisotopic (exact) mass is 175 g/mol. The molecule has 5 N–H and O–H groups in total. The van der Waals surface area contributed by atoms with E-state index in [1.807, 2.05) is 0 Å². The van der Waals surface area contributed by atoms with Crippen LogP contribution in [0.15, 0.2) is 5.16 Å². The molecule has 0 aromatic carbocycles. The first kappa shape index (κ1) is 11.2. The van der Waals surface area contributed by atoms with Crippen molar-refractivity contribution < 1.29 is 10.3 Å². The molecule has 0 fully saturated rings. The van der Waals surface area contributed by atoms with Crippen molar-refractivity contribution >= 4 is 5.84 Å². The van der Waals surface area contributed by atoms with Crippen molar-refractivity contribution in [3.63, 3.8) is 0 Å². The van der Waals surface area contributed by atoms with E-state index in [1.54, 1.807) is 20.8 Å². The van der Waals surface area contributed by atoms with Crippen LogP contribution in [-0.2, 0) is 0 Å². The Hall–Kier alpha value is -0.810. The molecule has 1 unspecified atom stereocenters. The molecule has 0 bridgehead atoms. The number of rotatable bonds is 4. The molecule has 0 radical (unpaired) electrons. The Labute approximate surface area is 72.3 Å². The van der Waals surface area contributed by atoms with Crippen molar-refractivity contribution in [2.75, 3.05) is 6.54 Å². The lowest BCUT2D eigenvalue weighted by atomic mass is 10.1. The minimum absolute atomic E-state index is 0.110. The van der Waals surface area contributed by atoms with E-state index in [9.17, 15) is 5.11 Å². The van der Waals surface area contributed by atoms with Gasteiger partial charge in [-0.1, -0.05) is 5.16 Å². The third-order valence-corrected chi connectivity index (χ3v) is 1.40. The van der Waals surface area contributed by atoms with Crippen molar-refractivity contribution in [3.8, 4) is 0 Å². The summed E-state index contributed by atoms with van der Waals surface area (Å²) in [5.41, 5.74) is 4.51. The van der Waals surface area contributed by atoms with Gasteiger partial charge in [0.05, 0.1) is 11.6 Å². The Morgan fingerprint density at radius 1 is 1.67 bits per heavy atom. The summed E-state index contributed by atoms with van der Waals surface area (Å²) in [7, 11) is 0. The van der Waals surface area contributed by atoms with Crippen LogP contribution in [-0.4, -0.2) is 34.3 Å². The van der Waals surface area contributed by atoms with Gasteiger partial charge in [0.2, 0.25) is 0 Å². The highest BCUT2D eigenvalue weighted by Gasteiger charge is 2.15. The first-order chi connectivity index (χ1) is 5.37. The van der Waals surface area contributed by atoms with Crippen LogP contribution in [0.25, 0.3) is 0 Å². The van der Waals surface area contributed by atoms with Crippen LogP contribution in [0.3, 0.4) is 0 Å². The molecule has 0 saturated carbocycles. The second-order valence-electron chi connectivity index (χ2n) is 3.44. The van der Waals surface area contributed by atoms with E-state index in [0.717, 1.165) is 0 Å². The number of hydrogen-bond donors (Lipinski definition) is 4. The maximum atomic E-state index is 9.32. The summed E-state index contributed by atoms with van der Waals surface area (Å²) in [6, 6.07) is -0.235. The Kier molecular flexibility index (Phi) is 3.99. The molecule has 0 spiro atoms. The van der Waals surface area contributed by atoms with Crippen molar-refractivity contribution in [2.24, 2.45) is 10.9 Å². The molecule has 12 heavy (non-hydrogen) atoms. The van der Waals surface area contributed by atoms with Gasteiger partial charge in [0.1, 0.15) is 0 Å². The van der Waals surface area contributed by atoms with Crippen molar-refractivity contribution in [2.45, 2.75) is 32.4 Å². The molecule has 0 heterocycles. The predicted molar refractivity (Wildman–Crippen MR) is 47.2 cm³/mol. The van der Waals surface area contributed by atoms with Crippen LogP contribution in [0.1, 0.15) is 20.8 Å². The predicted octanol–water partition coefficient (Wildman–Crippen LogP) is -0.518. The zero-order chi connectivity index (χ0) is 9.78. The molecule has 0 aliphatic carbocycles. The van der Waals surface area contributed by atoms with E-state index in [1.165, 1.54) is 0 Å². The summed E-state index contributed by atoms with van der Waals surface area (Å²) in [6.45, 7) is 5.50. The Morgan fingerprint density at radius 3 is 2.50 bits per heavy atom. The van der Waals surface area contributed by atoms with E-state index in [0.29, 0.717) is 6.54 Å². The van der Waals surface area contributed by atoms with Crippen LogP contribution in [0.2, 0.25) is 0 Å². The van der Waals surface area contributed by atoms with Gasteiger partial charge in [-0.3, -0.25) is 0 Å². The average molecular weight is 175 g/mol. The third-order valence-electron chi connectivity index (χ3n) is 1.40. The topological polar surface area (TPSA) is 90.9 Å². The molecular formula is C7H17N3O2. The van der Waals surface area contributed by atoms with Gasteiger partial charge in [-0.15, -0.1) is 0 Å². The van der Waals surface area contributed by atoms with Gasteiger partial charge in [0.15, 0.2) is 5.84 Å². The lowest BCUT2D eigenvalue weighted by Gasteiger charge is -2.20. The van der Waals surface area contributed by atoms with Gasteiger partial charge in [-0.2, -0.15) is 0 Å². The fourth-order valence-corrected chi connectivity index (χ4v) is 0.594. The maximum Gasteiger partial charge on any atom is 0.156 e. The summed E-state index contributed by atoms with van der Waals surface area (Å²) >= 11 is 0. The largest absolute Gasteiger partial charge is 0.409 e. The average Bonchev–Trinajstić information content (AvgIpc) is 1.97. The number of amidine groups is 1. The highest BCUT2D eigenvalue weighted by molar-refractivity contribution is 5.84. The fraction of sp³-hybridized carbons (Fsp3) is 0.857. The SMILES string of the molecule is CC(NCC(C)(C)O)C(N)=NO. The molecule has 0 saturated heterocycles.